The van der Waals surface area contributed by atoms with Crippen LogP contribution in [0.15, 0.2) is 59.6 Å². The number of ether oxygens (including phenoxy) is 3. The van der Waals surface area contributed by atoms with Crippen molar-refractivity contribution >= 4 is 11.6 Å². The molecule has 0 saturated heterocycles. The van der Waals surface area contributed by atoms with Gasteiger partial charge in [0.2, 0.25) is 0 Å². The first-order chi connectivity index (χ1) is 17.1. The number of hydrogen-bond acceptors (Lipinski definition) is 7. The van der Waals surface area contributed by atoms with Gasteiger partial charge in [-0.25, -0.2) is 9.98 Å². The molecule has 0 bridgehead atoms. The van der Waals surface area contributed by atoms with E-state index in [1.165, 1.54) is 0 Å². The number of rotatable bonds is 2. The second kappa shape index (κ2) is 8.22. The maximum Gasteiger partial charge on any atom is 0.283 e. The Bertz CT molecular complexity index is 1460. The summed E-state index contributed by atoms with van der Waals surface area (Å²) in [6, 6.07) is 17.1. The molecule has 1 aromatic heterocycles. The third kappa shape index (κ3) is 3.52. The molecule has 4 heterocycles. The number of pyridine rings is 1. The molecule has 174 valence electrons. The van der Waals surface area contributed by atoms with E-state index in [4.69, 9.17) is 24.9 Å². The van der Waals surface area contributed by atoms with Crippen molar-refractivity contribution in [3.05, 3.63) is 82.9 Å². The van der Waals surface area contributed by atoms with E-state index in [0.29, 0.717) is 55.2 Å². The molecule has 2 N–H and O–H groups in total. The SMILES string of the molecule is N#Cc1cccc(-c2ccc3c(c2)[C@]2(CCOC(N)=N2)c2cc(C4=CCOCC4)nc(F)c2O3)c1. The quantitative estimate of drug-likeness (QED) is 0.550. The van der Waals surface area contributed by atoms with Crippen molar-refractivity contribution in [1.29, 1.82) is 5.26 Å². The normalized spacial score (nSPS) is 20.5. The molecule has 3 aliphatic heterocycles. The number of nitrogens with two attached hydrogens (primary N) is 1. The first-order valence-electron chi connectivity index (χ1n) is 11.4. The van der Waals surface area contributed by atoms with Crippen molar-refractivity contribution in [1.82, 2.24) is 4.98 Å². The second-order valence-electron chi connectivity index (χ2n) is 8.64. The fraction of sp³-hybridized carbons (Fsp3) is 0.222. The minimum absolute atomic E-state index is 0.0379. The molecule has 0 unspecified atom stereocenters. The Kier molecular flexibility index (Phi) is 5.01. The van der Waals surface area contributed by atoms with Crippen LogP contribution >= 0.6 is 0 Å². The predicted molar refractivity (Wildman–Crippen MR) is 127 cm³/mol. The highest BCUT2D eigenvalue weighted by Crippen LogP contribution is 2.53. The van der Waals surface area contributed by atoms with E-state index in [1.807, 2.05) is 42.5 Å². The van der Waals surface area contributed by atoms with Crippen LogP contribution in [0.25, 0.3) is 16.7 Å². The largest absolute Gasteiger partial charge is 0.465 e. The summed E-state index contributed by atoms with van der Waals surface area (Å²) in [6.45, 7) is 1.34. The van der Waals surface area contributed by atoms with E-state index < -0.39 is 11.5 Å². The van der Waals surface area contributed by atoms with Gasteiger partial charge in [-0.05, 0) is 53.5 Å². The Morgan fingerprint density at radius 2 is 1.94 bits per heavy atom. The third-order valence-electron chi connectivity index (χ3n) is 6.65. The maximum atomic E-state index is 15.4. The highest BCUT2D eigenvalue weighted by atomic mass is 19.1. The van der Waals surface area contributed by atoms with Crippen LogP contribution < -0.4 is 10.5 Å². The van der Waals surface area contributed by atoms with E-state index in [2.05, 4.69) is 11.1 Å². The maximum absolute atomic E-state index is 15.4. The monoisotopic (exact) mass is 468 g/mol. The van der Waals surface area contributed by atoms with Gasteiger partial charge in [-0.15, -0.1) is 0 Å². The van der Waals surface area contributed by atoms with E-state index in [9.17, 15) is 5.26 Å². The van der Waals surface area contributed by atoms with Gasteiger partial charge in [-0.1, -0.05) is 24.3 Å². The Labute approximate surface area is 201 Å². The highest BCUT2D eigenvalue weighted by Gasteiger charge is 2.46. The number of fused-ring (bicyclic) bond motifs is 4. The average molecular weight is 468 g/mol. The number of amidine groups is 1. The zero-order valence-corrected chi connectivity index (χ0v) is 18.8. The molecule has 6 rings (SSSR count). The van der Waals surface area contributed by atoms with Gasteiger partial charge in [-0.3, -0.25) is 0 Å². The molecule has 0 amide bonds. The van der Waals surface area contributed by atoms with E-state index in [0.717, 1.165) is 22.3 Å². The number of aromatic nitrogens is 1. The fourth-order valence-electron chi connectivity index (χ4n) is 4.95. The van der Waals surface area contributed by atoms with Gasteiger partial charge in [0.1, 0.15) is 11.3 Å². The summed E-state index contributed by atoms with van der Waals surface area (Å²) in [5.74, 6) is -0.164. The Morgan fingerprint density at radius 3 is 2.74 bits per heavy atom. The van der Waals surface area contributed by atoms with Crippen LogP contribution in [0.2, 0.25) is 0 Å². The summed E-state index contributed by atoms with van der Waals surface area (Å²) < 4.78 is 32.4. The molecule has 8 heteroatoms. The van der Waals surface area contributed by atoms with Crippen LogP contribution in [0.1, 0.15) is 35.2 Å². The summed E-state index contributed by atoms with van der Waals surface area (Å²) in [4.78, 5) is 8.96. The van der Waals surface area contributed by atoms with Crippen molar-refractivity contribution in [2.45, 2.75) is 18.4 Å². The summed E-state index contributed by atoms with van der Waals surface area (Å²) >= 11 is 0. The van der Waals surface area contributed by atoms with Gasteiger partial charge in [0, 0.05) is 17.5 Å². The summed E-state index contributed by atoms with van der Waals surface area (Å²) in [5, 5.41) is 9.33. The number of nitriles is 1. The molecule has 3 aliphatic rings. The molecule has 7 nitrogen and oxygen atoms in total. The number of aliphatic imine (C=N–C) groups is 1. The van der Waals surface area contributed by atoms with Crippen LogP contribution in [-0.2, 0) is 15.0 Å². The lowest BCUT2D eigenvalue weighted by Crippen LogP contribution is -2.39. The van der Waals surface area contributed by atoms with E-state index in [-0.39, 0.29) is 11.8 Å². The second-order valence-corrected chi connectivity index (χ2v) is 8.64. The minimum atomic E-state index is -1.00. The van der Waals surface area contributed by atoms with E-state index in [1.54, 1.807) is 12.1 Å². The van der Waals surface area contributed by atoms with Gasteiger partial charge < -0.3 is 19.9 Å². The van der Waals surface area contributed by atoms with Crippen molar-refractivity contribution in [2.75, 3.05) is 19.8 Å². The van der Waals surface area contributed by atoms with Crippen LogP contribution in [0, 0.1) is 17.3 Å². The minimum Gasteiger partial charge on any atom is -0.465 e. The van der Waals surface area contributed by atoms with Crippen LogP contribution in [0.4, 0.5) is 4.39 Å². The Morgan fingerprint density at radius 1 is 1.06 bits per heavy atom. The Hall–Kier alpha value is -4.22. The highest BCUT2D eigenvalue weighted by molar-refractivity contribution is 5.77. The van der Waals surface area contributed by atoms with Crippen molar-refractivity contribution in [2.24, 2.45) is 10.7 Å². The van der Waals surface area contributed by atoms with E-state index >= 15 is 4.39 Å². The topological polar surface area (TPSA) is 103 Å². The van der Waals surface area contributed by atoms with Gasteiger partial charge in [0.05, 0.1) is 37.1 Å². The standard InChI is InChI=1S/C27H21FN4O3/c28-25-24-21(14-22(31-25)17-6-9-33-10-7-17)27(8-11-34-26(30)32-27)20-13-19(4-5-23(20)35-24)18-3-1-2-16(12-18)15-29/h1-6,12-14H,7-11H2,(H2,30,32)/t27-/m1/s1. The first kappa shape index (κ1) is 21.3. The molecular formula is C27H21FN4O3. The Balaban J connectivity index is 1.57. The molecule has 1 spiro atoms. The van der Waals surface area contributed by atoms with Crippen LogP contribution in [-0.4, -0.2) is 30.8 Å². The van der Waals surface area contributed by atoms with Gasteiger partial charge in [0.25, 0.3) is 12.0 Å². The number of hydrogen-bond donors (Lipinski definition) is 1. The summed E-state index contributed by atoms with van der Waals surface area (Å²) in [5.41, 5.74) is 10.2. The van der Waals surface area contributed by atoms with Crippen molar-refractivity contribution in [3.8, 4) is 28.7 Å². The van der Waals surface area contributed by atoms with Gasteiger partial charge in [0.15, 0.2) is 5.75 Å². The molecule has 1 atom stereocenters. The predicted octanol–water partition coefficient (Wildman–Crippen LogP) is 4.65. The van der Waals surface area contributed by atoms with Gasteiger partial charge in [-0.2, -0.15) is 9.65 Å². The lowest BCUT2D eigenvalue weighted by molar-refractivity contribution is 0.161. The molecular weight excluding hydrogens is 447 g/mol. The number of halogens is 1. The van der Waals surface area contributed by atoms with Crippen LogP contribution in [0.5, 0.6) is 11.5 Å². The molecule has 0 saturated carbocycles. The molecule has 35 heavy (non-hydrogen) atoms. The molecule has 0 radical (unpaired) electrons. The fourth-order valence-corrected chi connectivity index (χ4v) is 4.95. The third-order valence-corrected chi connectivity index (χ3v) is 6.65. The number of nitrogens with zero attached hydrogens (tertiary/aromatic N) is 3. The van der Waals surface area contributed by atoms with Crippen molar-refractivity contribution in [3.63, 3.8) is 0 Å². The summed E-state index contributed by atoms with van der Waals surface area (Å²) in [7, 11) is 0. The molecule has 0 aliphatic carbocycles. The van der Waals surface area contributed by atoms with Crippen LogP contribution in [0.3, 0.4) is 0 Å². The van der Waals surface area contributed by atoms with Gasteiger partial charge >= 0.3 is 0 Å². The molecule has 0 fully saturated rings. The molecule has 2 aromatic carbocycles. The molecule has 3 aromatic rings. The smallest absolute Gasteiger partial charge is 0.283 e. The zero-order valence-electron chi connectivity index (χ0n) is 18.8. The number of benzene rings is 2. The summed E-state index contributed by atoms with van der Waals surface area (Å²) in [6.07, 6.45) is 3.01. The lowest BCUT2D eigenvalue weighted by atomic mass is 9.77. The zero-order chi connectivity index (χ0) is 24.0. The first-order valence-corrected chi connectivity index (χ1v) is 11.4. The average Bonchev–Trinajstić information content (AvgIpc) is 2.90. The lowest BCUT2D eigenvalue weighted by Gasteiger charge is -2.39. The van der Waals surface area contributed by atoms with Crippen molar-refractivity contribution < 1.29 is 18.6 Å².